The molecule has 0 aromatic rings. The molecule has 3 aliphatic carbocycles. The van der Waals surface area contributed by atoms with Crippen LogP contribution in [0.5, 0.6) is 0 Å². The van der Waals surface area contributed by atoms with Crippen LogP contribution in [0.4, 0.5) is 0 Å². The smallest absolute Gasteiger partial charge is 0.341 e. The highest BCUT2D eigenvalue weighted by Crippen LogP contribution is 2.54. The van der Waals surface area contributed by atoms with Gasteiger partial charge in [-0.1, -0.05) is 12.2 Å². The summed E-state index contributed by atoms with van der Waals surface area (Å²) in [7, 11) is 0. The molecule has 78 valence electrons. The summed E-state index contributed by atoms with van der Waals surface area (Å²) in [5, 5.41) is 8.92. The highest BCUT2D eigenvalue weighted by Gasteiger charge is 2.55. The summed E-state index contributed by atoms with van der Waals surface area (Å²) in [4.78, 5) is 22.8. The van der Waals surface area contributed by atoms with Gasteiger partial charge in [-0.3, -0.25) is 4.79 Å². The molecule has 0 heterocycles. The number of carbonyl (C=O) groups excluding carboxylic acids is 1. The molecular weight excluding hydrogens is 194 g/mol. The number of carbonyl (C=O) groups is 2. The first-order valence-corrected chi connectivity index (χ1v) is 5.06. The number of allylic oxidation sites excluding steroid dienone is 3. The Labute approximate surface area is 86.4 Å². The van der Waals surface area contributed by atoms with Crippen LogP contribution < -0.4 is 5.73 Å². The molecule has 1 fully saturated rings. The molecule has 1 saturated carbocycles. The largest absolute Gasteiger partial charge is 0.477 e. The van der Waals surface area contributed by atoms with Crippen LogP contribution in [0.15, 0.2) is 23.4 Å². The molecule has 0 aromatic carbocycles. The lowest BCUT2D eigenvalue weighted by Crippen LogP contribution is -2.24. The van der Waals surface area contributed by atoms with Gasteiger partial charge in [0.05, 0.1) is 0 Å². The van der Waals surface area contributed by atoms with E-state index in [4.69, 9.17) is 10.8 Å². The molecule has 0 saturated heterocycles. The van der Waals surface area contributed by atoms with E-state index in [1.807, 2.05) is 6.08 Å². The Bertz CT molecular complexity index is 435. The second-order valence-corrected chi connectivity index (χ2v) is 4.50. The van der Waals surface area contributed by atoms with Crippen LogP contribution in [-0.4, -0.2) is 16.9 Å². The van der Waals surface area contributed by atoms with Gasteiger partial charge in [0.2, 0.25) is 0 Å². The highest BCUT2D eigenvalue weighted by molar-refractivity contribution is 6.20. The van der Waals surface area contributed by atoms with Crippen LogP contribution in [0, 0.1) is 23.7 Å². The number of carboxylic acids is 1. The van der Waals surface area contributed by atoms with Crippen LogP contribution in [-0.2, 0) is 9.59 Å². The summed E-state index contributed by atoms with van der Waals surface area (Å²) in [5.74, 6) is -1.18. The van der Waals surface area contributed by atoms with E-state index >= 15 is 0 Å². The van der Waals surface area contributed by atoms with E-state index in [1.54, 1.807) is 0 Å². The Balaban J connectivity index is 2.10. The minimum atomic E-state index is -1.17. The topological polar surface area (TPSA) is 80.4 Å². The molecule has 4 unspecified atom stereocenters. The van der Waals surface area contributed by atoms with E-state index in [2.05, 4.69) is 6.08 Å². The number of nitrogens with two attached hydrogens (primary N) is 1. The third kappa shape index (κ3) is 0.868. The van der Waals surface area contributed by atoms with Gasteiger partial charge < -0.3 is 10.8 Å². The van der Waals surface area contributed by atoms with Crippen molar-refractivity contribution in [2.24, 2.45) is 29.4 Å². The lowest BCUT2D eigenvalue weighted by Gasteiger charge is -2.19. The quantitative estimate of drug-likeness (QED) is 0.476. The van der Waals surface area contributed by atoms with E-state index in [0.717, 1.165) is 6.42 Å². The fourth-order valence-electron chi connectivity index (χ4n) is 3.31. The molecule has 0 radical (unpaired) electrons. The molecule has 0 amide bonds. The van der Waals surface area contributed by atoms with Gasteiger partial charge in [0, 0.05) is 17.5 Å². The predicted molar refractivity (Wildman–Crippen MR) is 51.6 cm³/mol. The second-order valence-electron chi connectivity index (χ2n) is 4.50. The third-order valence-corrected chi connectivity index (χ3v) is 3.87. The van der Waals surface area contributed by atoms with E-state index in [-0.39, 0.29) is 35.0 Å². The molecule has 2 bridgehead atoms. The highest BCUT2D eigenvalue weighted by atomic mass is 16.4. The van der Waals surface area contributed by atoms with Crippen molar-refractivity contribution >= 4 is 11.8 Å². The molecule has 3 rings (SSSR count). The fourth-order valence-corrected chi connectivity index (χ4v) is 3.31. The maximum atomic E-state index is 11.9. The molecule has 0 spiro atoms. The van der Waals surface area contributed by atoms with Crippen molar-refractivity contribution < 1.29 is 14.7 Å². The summed E-state index contributed by atoms with van der Waals surface area (Å²) in [6.07, 6.45) is 5.05. The SMILES string of the molecule is NC1=C(C(=O)O)C(=O)C2C3C=CC(C3)C12. The normalized spacial score (nSPS) is 41.5. The summed E-state index contributed by atoms with van der Waals surface area (Å²) in [6.45, 7) is 0. The summed E-state index contributed by atoms with van der Waals surface area (Å²) < 4.78 is 0. The first-order valence-electron chi connectivity index (χ1n) is 5.06. The number of fused-ring (bicyclic) bond motifs is 5. The Morgan fingerprint density at radius 3 is 2.47 bits per heavy atom. The molecule has 4 nitrogen and oxygen atoms in total. The van der Waals surface area contributed by atoms with E-state index in [9.17, 15) is 9.59 Å². The maximum Gasteiger partial charge on any atom is 0.341 e. The first kappa shape index (κ1) is 8.71. The number of rotatable bonds is 1. The van der Waals surface area contributed by atoms with E-state index in [1.165, 1.54) is 0 Å². The van der Waals surface area contributed by atoms with Crippen molar-refractivity contribution in [2.75, 3.05) is 0 Å². The monoisotopic (exact) mass is 205 g/mol. The molecule has 3 N–H and O–H groups in total. The number of Topliss-reactive ketones (excluding diaryl/α,β-unsaturated/α-hetero) is 1. The molecule has 4 heteroatoms. The number of hydrogen-bond donors (Lipinski definition) is 2. The summed E-state index contributed by atoms with van der Waals surface area (Å²) in [5.41, 5.74) is 5.92. The van der Waals surface area contributed by atoms with Crippen molar-refractivity contribution in [3.8, 4) is 0 Å². The Morgan fingerprint density at radius 1 is 1.33 bits per heavy atom. The molecular formula is C11H11NO3. The van der Waals surface area contributed by atoms with Crippen LogP contribution in [0.1, 0.15) is 6.42 Å². The summed E-state index contributed by atoms with van der Waals surface area (Å²) >= 11 is 0. The van der Waals surface area contributed by atoms with Gasteiger partial charge in [0.25, 0.3) is 0 Å². The van der Waals surface area contributed by atoms with Gasteiger partial charge in [-0.25, -0.2) is 4.79 Å². The minimum Gasteiger partial charge on any atom is -0.477 e. The lowest BCUT2D eigenvalue weighted by atomic mass is 9.84. The zero-order chi connectivity index (χ0) is 10.7. The predicted octanol–water partition coefficient (Wildman–Crippen LogP) is 0.305. The van der Waals surface area contributed by atoms with Gasteiger partial charge in [0.1, 0.15) is 5.57 Å². The van der Waals surface area contributed by atoms with Gasteiger partial charge in [-0.05, 0) is 18.3 Å². The summed E-state index contributed by atoms with van der Waals surface area (Å²) in [6, 6.07) is 0. The van der Waals surface area contributed by atoms with Crippen LogP contribution in [0.25, 0.3) is 0 Å². The third-order valence-electron chi connectivity index (χ3n) is 3.87. The number of ketones is 1. The maximum absolute atomic E-state index is 11.9. The Morgan fingerprint density at radius 2 is 1.93 bits per heavy atom. The lowest BCUT2D eigenvalue weighted by molar-refractivity contribution is -0.135. The van der Waals surface area contributed by atoms with Gasteiger partial charge in [-0.15, -0.1) is 0 Å². The fraction of sp³-hybridized carbons (Fsp3) is 0.455. The molecule has 15 heavy (non-hydrogen) atoms. The van der Waals surface area contributed by atoms with Gasteiger partial charge in [0.15, 0.2) is 5.78 Å². The Hall–Kier alpha value is -1.58. The minimum absolute atomic E-state index is 0.0430. The first-order chi connectivity index (χ1) is 7.11. The van der Waals surface area contributed by atoms with Crippen LogP contribution >= 0.6 is 0 Å². The van der Waals surface area contributed by atoms with Crippen molar-refractivity contribution in [3.05, 3.63) is 23.4 Å². The molecule has 0 aliphatic heterocycles. The van der Waals surface area contributed by atoms with Gasteiger partial charge >= 0.3 is 5.97 Å². The van der Waals surface area contributed by atoms with Crippen LogP contribution in [0.2, 0.25) is 0 Å². The van der Waals surface area contributed by atoms with E-state index in [0.29, 0.717) is 5.70 Å². The van der Waals surface area contributed by atoms with Crippen molar-refractivity contribution in [1.82, 2.24) is 0 Å². The second kappa shape index (κ2) is 2.51. The zero-order valence-electron chi connectivity index (χ0n) is 8.01. The molecule has 0 aromatic heterocycles. The molecule has 4 atom stereocenters. The van der Waals surface area contributed by atoms with Crippen molar-refractivity contribution in [2.45, 2.75) is 6.42 Å². The zero-order valence-corrected chi connectivity index (χ0v) is 8.01. The van der Waals surface area contributed by atoms with Crippen molar-refractivity contribution in [3.63, 3.8) is 0 Å². The van der Waals surface area contributed by atoms with Crippen LogP contribution in [0.3, 0.4) is 0 Å². The molecule has 3 aliphatic rings. The average molecular weight is 205 g/mol. The number of hydrogen-bond acceptors (Lipinski definition) is 3. The number of aliphatic carboxylic acids is 1. The number of carboxylic acid groups (broad SMARTS) is 1. The van der Waals surface area contributed by atoms with Crippen molar-refractivity contribution in [1.29, 1.82) is 0 Å². The Kier molecular flexibility index (Phi) is 1.45. The average Bonchev–Trinajstić information content (AvgIpc) is 2.79. The standard InChI is InChI=1S/C11H11NO3/c12-9-6-4-1-2-5(3-4)7(6)10(13)8(9)11(14)15/h1-2,4-7H,3,12H2,(H,14,15). The van der Waals surface area contributed by atoms with E-state index < -0.39 is 5.97 Å². The van der Waals surface area contributed by atoms with Gasteiger partial charge in [-0.2, -0.15) is 0 Å².